The first kappa shape index (κ1) is 27.8. The van der Waals surface area contributed by atoms with Crippen LogP contribution in [0.5, 0.6) is 0 Å². The number of hydrogen-bond acceptors (Lipinski definition) is 7. The van der Waals surface area contributed by atoms with Crippen molar-refractivity contribution in [2.45, 2.75) is 31.1 Å². The lowest BCUT2D eigenvalue weighted by atomic mass is 9.77. The summed E-state index contributed by atoms with van der Waals surface area (Å²) in [4.78, 5) is 22.5. The average Bonchev–Trinajstić information content (AvgIpc) is 3.43. The summed E-state index contributed by atoms with van der Waals surface area (Å²) >= 11 is 6.28. The number of nitrogen functional groups attached to an aromatic ring is 1. The summed E-state index contributed by atoms with van der Waals surface area (Å²) < 4.78 is 48.6. The number of carbonyl (C=O) groups is 1. The van der Waals surface area contributed by atoms with Gasteiger partial charge in [-0.1, -0.05) is 54.1 Å². The third-order valence-corrected chi connectivity index (χ3v) is 9.13. The van der Waals surface area contributed by atoms with Crippen molar-refractivity contribution in [2.24, 2.45) is 0 Å². The Balaban J connectivity index is 1.44. The standard InChI is InChI=1S/C29H24ClFN6O4S/c1-15(42(39,40)41)16-7-9-18(10-8-16)29(2)23-25(32)33-27(34-26(23)35-28(29)38)24-20-12-11-19(30)13-22(20)37(36-24)14-17-5-3-4-6-21(17)31/h3-13,15H,14H2,1-2H3,(H,39,40,41)(H3,32,33,34,35,38). The maximum absolute atomic E-state index is 14.5. The van der Waals surface area contributed by atoms with Crippen LogP contribution in [-0.2, 0) is 26.9 Å². The molecule has 3 heterocycles. The molecule has 1 amide bonds. The van der Waals surface area contributed by atoms with Crippen LogP contribution < -0.4 is 11.1 Å². The monoisotopic (exact) mass is 606 g/mol. The number of fused-ring (bicyclic) bond motifs is 2. The number of carbonyl (C=O) groups excluding carboxylic acids is 1. The predicted molar refractivity (Wildman–Crippen MR) is 157 cm³/mol. The molecule has 10 nitrogen and oxygen atoms in total. The van der Waals surface area contributed by atoms with E-state index in [1.54, 1.807) is 60.1 Å². The van der Waals surface area contributed by atoms with Gasteiger partial charge in [0.05, 0.1) is 17.6 Å². The van der Waals surface area contributed by atoms with Crippen LogP contribution in [0.15, 0.2) is 66.7 Å². The summed E-state index contributed by atoms with van der Waals surface area (Å²) in [6, 6.07) is 17.9. The minimum absolute atomic E-state index is 0.0528. The van der Waals surface area contributed by atoms with E-state index in [2.05, 4.69) is 15.3 Å². The van der Waals surface area contributed by atoms with E-state index in [1.807, 2.05) is 0 Å². The largest absolute Gasteiger partial charge is 0.383 e. The fourth-order valence-electron chi connectivity index (χ4n) is 5.27. The molecule has 214 valence electrons. The van der Waals surface area contributed by atoms with Gasteiger partial charge in [0.1, 0.15) is 33.8 Å². The van der Waals surface area contributed by atoms with Crippen LogP contribution in [0, 0.1) is 5.82 Å². The molecule has 0 saturated carbocycles. The minimum atomic E-state index is -4.29. The lowest BCUT2D eigenvalue weighted by Gasteiger charge is -2.24. The van der Waals surface area contributed by atoms with Crippen molar-refractivity contribution in [1.29, 1.82) is 0 Å². The van der Waals surface area contributed by atoms with Gasteiger partial charge in [0.15, 0.2) is 5.82 Å². The van der Waals surface area contributed by atoms with Gasteiger partial charge in [-0.15, -0.1) is 0 Å². The molecule has 0 radical (unpaired) electrons. The molecule has 6 rings (SSSR count). The van der Waals surface area contributed by atoms with E-state index in [-0.39, 0.29) is 29.8 Å². The highest BCUT2D eigenvalue weighted by Gasteiger charge is 2.47. The number of aromatic nitrogens is 4. The Bertz CT molecular complexity index is 2020. The summed E-state index contributed by atoms with van der Waals surface area (Å²) in [5.41, 5.74) is 7.90. The lowest BCUT2D eigenvalue weighted by Crippen LogP contribution is -2.33. The molecule has 0 spiro atoms. The molecule has 0 aliphatic carbocycles. The quantitative estimate of drug-likeness (QED) is 0.225. The summed E-state index contributed by atoms with van der Waals surface area (Å²) in [6.45, 7) is 3.17. The molecular formula is C29H24ClFN6O4S. The molecule has 42 heavy (non-hydrogen) atoms. The van der Waals surface area contributed by atoms with Crippen LogP contribution in [0.2, 0.25) is 5.02 Å². The number of halogens is 2. The number of rotatable bonds is 6. The van der Waals surface area contributed by atoms with Gasteiger partial charge in [-0.2, -0.15) is 13.5 Å². The van der Waals surface area contributed by atoms with Gasteiger partial charge in [-0.25, -0.2) is 14.4 Å². The summed E-state index contributed by atoms with van der Waals surface area (Å²) in [6.07, 6.45) is 0. The van der Waals surface area contributed by atoms with Crippen molar-refractivity contribution in [3.8, 4) is 11.5 Å². The zero-order valence-electron chi connectivity index (χ0n) is 22.3. The first-order valence-electron chi connectivity index (χ1n) is 12.8. The second kappa shape index (κ2) is 9.86. The van der Waals surface area contributed by atoms with E-state index in [1.165, 1.54) is 25.1 Å². The summed E-state index contributed by atoms with van der Waals surface area (Å²) in [7, 11) is -4.29. The van der Waals surface area contributed by atoms with Crippen molar-refractivity contribution in [3.05, 3.63) is 99.8 Å². The van der Waals surface area contributed by atoms with Crippen LogP contribution in [0.1, 0.15) is 41.4 Å². The number of anilines is 2. The number of nitrogens with zero attached hydrogens (tertiary/aromatic N) is 4. The zero-order valence-corrected chi connectivity index (χ0v) is 23.9. The zero-order chi connectivity index (χ0) is 30.0. The predicted octanol–water partition coefficient (Wildman–Crippen LogP) is 5.12. The molecule has 0 saturated heterocycles. The van der Waals surface area contributed by atoms with E-state index >= 15 is 0 Å². The molecule has 1 aliphatic rings. The van der Waals surface area contributed by atoms with Crippen LogP contribution in [0.3, 0.4) is 0 Å². The van der Waals surface area contributed by atoms with Crippen molar-refractivity contribution in [3.63, 3.8) is 0 Å². The fourth-order valence-corrected chi connectivity index (χ4v) is 5.94. The highest BCUT2D eigenvalue weighted by atomic mass is 35.5. The first-order valence-corrected chi connectivity index (χ1v) is 14.7. The highest BCUT2D eigenvalue weighted by Crippen LogP contribution is 2.45. The van der Waals surface area contributed by atoms with Gasteiger partial charge in [-0.3, -0.25) is 14.0 Å². The maximum Gasteiger partial charge on any atom is 0.271 e. The number of hydrogen-bond donors (Lipinski definition) is 3. The van der Waals surface area contributed by atoms with Crippen LogP contribution in [0.25, 0.3) is 22.4 Å². The van der Waals surface area contributed by atoms with E-state index in [0.29, 0.717) is 43.9 Å². The molecule has 0 fully saturated rings. The molecule has 4 N–H and O–H groups in total. The molecular weight excluding hydrogens is 583 g/mol. The molecule has 2 unspecified atom stereocenters. The normalized spacial score (nSPS) is 17.3. The molecule has 0 bridgehead atoms. The molecule has 13 heteroatoms. The van der Waals surface area contributed by atoms with Gasteiger partial charge >= 0.3 is 0 Å². The van der Waals surface area contributed by atoms with E-state index in [4.69, 9.17) is 22.4 Å². The fraction of sp³-hybridized carbons (Fsp3) is 0.172. The Morgan fingerprint density at radius 3 is 2.52 bits per heavy atom. The Hall–Kier alpha value is -4.39. The average molecular weight is 607 g/mol. The van der Waals surface area contributed by atoms with Crippen LogP contribution >= 0.6 is 11.6 Å². The van der Waals surface area contributed by atoms with Crippen molar-refractivity contribution >= 4 is 50.2 Å². The SMILES string of the molecule is CC(c1ccc(C2(C)C(=O)Nc3nc(-c4nn(Cc5ccccc5F)c5cc(Cl)ccc45)nc(N)c32)cc1)S(=O)(=O)O. The second-order valence-corrected chi connectivity index (χ2v) is 12.4. The smallest absolute Gasteiger partial charge is 0.271 e. The van der Waals surface area contributed by atoms with Gasteiger partial charge in [0.25, 0.3) is 10.1 Å². The van der Waals surface area contributed by atoms with Gasteiger partial charge < -0.3 is 11.1 Å². The third kappa shape index (κ3) is 4.48. The molecule has 2 atom stereocenters. The van der Waals surface area contributed by atoms with E-state index < -0.39 is 26.7 Å². The number of nitrogens with one attached hydrogen (secondary N) is 1. The Kier molecular flexibility index (Phi) is 6.52. The maximum atomic E-state index is 14.5. The van der Waals surface area contributed by atoms with Gasteiger partial charge in [-0.05, 0) is 49.2 Å². The molecule has 5 aromatic rings. The molecule has 3 aromatic carbocycles. The van der Waals surface area contributed by atoms with Crippen molar-refractivity contribution in [1.82, 2.24) is 19.7 Å². The van der Waals surface area contributed by atoms with Gasteiger partial charge in [0, 0.05) is 16.0 Å². The van der Waals surface area contributed by atoms with Crippen molar-refractivity contribution < 1.29 is 22.2 Å². The van der Waals surface area contributed by atoms with Crippen LogP contribution in [-0.4, -0.2) is 38.6 Å². The Labute approximate surface area is 245 Å². The van der Waals surface area contributed by atoms with Crippen LogP contribution in [0.4, 0.5) is 16.0 Å². The van der Waals surface area contributed by atoms with E-state index in [0.717, 1.165) is 0 Å². The molecule has 2 aromatic heterocycles. The number of benzene rings is 3. The summed E-state index contributed by atoms with van der Waals surface area (Å²) in [5, 5.41) is 7.48. The van der Waals surface area contributed by atoms with Gasteiger partial charge in [0.2, 0.25) is 5.91 Å². The number of amides is 1. The van der Waals surface area contributed by atoms with Crippen molar-refractivity contribution in [2.75, 3.05) is 11.1 Å². The van der Waals surface area contributed by atoms with E-state index in [9.17, 15) is 22.2 Å². The highest BCUT2D eigenvalue weighted by molar-refractivity contribution is 7.86. The Morgan fingerprint density at radius 1 is 1.12 bits per heavy atom. The summed E-state index contributed by atoms with van der Waals surface area (Å²) in [5.74, 6) is -0.339. The first-order chi connectivity index (χ1) is 19.9. The third-order valence-electron chi connectivity index (χ3n) is 7.73. The molecule has 1 aliphatic heterocycles. The Morgan fingerprint density at radius 2 is 1.83 bits per heavy atom. The number of nitrogens with two attached hydrogens (primary N) is 1. The topological polar surface area (TPSA) is 153 Å². The second-order valence-electron chi connectivity index (χ2n) is 10.3. The lowest BCUT2D eigenvalue weighted by molar-refractivity contribution is -0.119. The minimum Gasteiger partial charge on any atom is -0.383 e.